The van der Waals surface area contributed by atoms with Gasteiger partial charge in [-0.15, -0.1) is 6.58 Å². The molecule has 0 aliphatic heterocycles. The molecule has 25 heavy (non-hydrogen) atoms. The van der Waals surface area contributed by atoms with Crippen LogP contribution in [-0.2, 0) is 11.3 Å². The first kappa shape index (κ1) is 21.2. The zero-order chi connectivity index (χ0) is 18.8. The standard InChI is InChI=1S/C16H21NO3.C3H6.C2H6/c18-14(20-12-13-4-2-1-3-5-13)17-15-6-9-16(19,10-7-15)11-8-15;1-3-2;1-2/h1-5,19H,6-12H2,(H,17,18);3H,1H2,2H3;1-2H3. The van der Waals surface area contributed by atoms with Crippen LogP contribution in [0.25, 0.3) is 0 Å². The van der Waals surface area contributed by atoms with E-state index in [1.54, 1.807) is 6.08 Å². The van der Waals surface area contributed by atoms with Gasteiger partial charge in [-0.2, -0.15) is 0 Å². The Morgan fingerprint density at radius 2 is 1.64 bits per heavy atom. The van der Waals surface area contributed by atoms with Crippen LogP contribution in [0.15, 0.2) is 43.0 Å². The largest absolute Gasteiger partial charge is 0.445 e. The van der Waals surface area contributed by atoms with Crippen LogP contribution in [0, 0.1) is 0 Å². The molecule has 0 unspecified atom stereocenters. The lowest BCUT2D eigenvalue weighted by molar-refractivity contribution is -0.0715. The minimum absolute atomic E-state index is 0.155. The lowest BCUT2D eigenvalue weighted by Gasteiger charge is -2.50. The van der Waals surface area contributed by atoms with Crippen molar-refractivity contribution in [3.63, 3.8) is 0 Å². The molecular weight excluding hydrogens is 314 g/mol. The lowest BCUT2D eigenvalue weighted by Crippen LogP contribution is -2.58. The van der Waals surface area contributed by atoms with Crippen LogP contribution in [0.2, 0.25) is 0 Å². The number of hydrogen-bond donors (Lipinski definition) is 2. The van der Waals surface area contributed by atoms with Crippen molar-refractivity contribution in [2.45, 2.75) is 77.0 Å². The maximum Gasteiger partial charge on any atom is 0.407 e. The molecule has 3 aliphatic rings. The van der Waals surface area contributed by atoms with E-state index in [9.17, 15) is 9.90 Å². The Morgan fingerprint density at radius 1 is 1.16 bits per heavy atom. The molecule has 2 N–H and O–H groups in total. The van der Waals surface area contributed by atoms with Crippen molar-refractivity contribution < 1.29 is 14.6 Å². The zero-order valence-corrected chi connectivity index (χ0v) is 15.9. The molecule has 4 nitrogen and oxygen atoms in total. The molecule has 4 rings (SSSR count). The second-order valence-corrected chi connectivity index (χ2v) is 6.60. The molecule has 4 heteroatoms. The van der Waals surface area contributed by atoms with Gasteiger partial charge in [-0.05, 0) is 51.0 Å². The summed E-state index contributed by atoms with van der Waals surface area (Å²) in [5.74, 6) is 0. The average molecular weight is 347 g/mol. The van der Waals surface area contributed by atoms with Crippen molar-refractivity contribution >= 4 is 6.09 Å². The maximum atomic E-state index is 11.9. The molecular formula is C21H33NO3. The molecule has 0 spiro atoms. The van der Waals surface area contributed by atoms with Gasteiger partial charge in [-0.3, -0.25) is 0 Å². The molecule has 3 fully saturated rings. The van der Waals surface area contributed by atoms with Gasteiger partial charge in [0.25, 0.3) is 0 Å². The Bertz CT molecular complexity index is 503. The third-order valence-electron chi connectivity index (χ3n) is 4.79. The molecule has 1 aromatic rings. The third kappa shape index (κ3) is 6.54. The highest BCUT2D eigenvalue weighted by Crippen LogP contribution is 2.46. The minimum atomic E-state index is -0.475. The van der Waals surface area contributed by atoms with Crippen LogP contribution < -0.4 is 5.32 Å². The van der Waals surface area contributed by atoms with Gasteiger partial charge in [0.05, 0.1) is 5.60 Å². The highest BCUT2D eigenvalue weighted by Gasteiger charge is 2.48. The number of allylic oxidation sites excluding steroid dienone is 1. The number of fused-ring (bicyclic) bond motifs is 3. The van der Waals surface area contributed by atoms with Gasteiger partial charge < -0.3 is 15.2 Å². The van der Waals surface area contributed by atoms with Crippen molar-refractivity contribution in [2.24, 2.45) is 0 Å². The molecule has 1 aromatic carbocycles. The predicted molar refractivity (Wildman–Crippen MR) is 102 cm³/mol. The SMILES string of the molecule is C=CC.CC.O=C(NC12CCC(O)(CC1)CC2)OCc1ccccc1. The number of carbonyl (C=O) groups is 1. The fourth-order valence-electron chi connectivity index (χ4n) is 3.33. The number of amides is 1. The van der Waals surface area contributed by atoms with Gasteiger partial charge in [-0.1, -0.05) is 50.3 Å². The van der Waals surface area contributed by atoms with E-state index in [4.69, 9.17) is 4.74 Å². The number of benzene rings is 1. The highest BCUT2D eigenvalue weighted by molar-refractivity contribution is 5.68. The average Bonchev–Trinajstić information content (AvgIpc) is 2.65. The molecule has 3 aliphatic carbocycles. The number of rotatable bonds is 3. The number of ether oxygens (including phenoxy) is 1. The second kappa shape index (κ2) is 10.2. The topological polar surface area (TPSA) is 58.6 Å². The fourth-order valence-corrected chi connectivity index (χ4v) is 3.33. The van der Waals surface area contributed by atoms with Crippen LogP contribution in [0.5, 0.6) is 0 Å². The first-order valence-corrected chi connectivity index (χ1v) is 9.29. The number of carbonyl (C=O) groups excluding carboxylic acids is 1. The van der Waals surface area contributed by atoms with Crippen molar-refractivity contribution in [2.75, 3.05) is 0 Å². The predicted octanol–water partition coefficient (Wildman–Crippen LogP) is 4.97. The first-order chi connectivity index (χ1) is 12.0. The second-order valence-electron chi connectivity index (χ2n) is 6.60. The third-order valence-corrected chi connectivity index (χ3v) is 4.79. The van der Waals surface area contributed by atoms with E-state index in [-0.39, 0.29) is 11.6 Å². The molecule has 1 amide bonds. The summed E-state index contributed by atoms with van der Waals surface area (Å²) in [4.78, 5) is 11.9. The normalized spacial score (nSPS) is 26.2. The summed E-state index contributed by atoms with van der Waals surface area (Å²) in [6, 6.07) is 9.67. The van der Waals surface area contributed by atoms with Crippen LogP contribution in [0.3, 0.4) is 0 Å². The van der Waals surface area contributed by atoms with Gasteiger partial charge in [0.1, 0.15) is 6.61 Å². The van der Waals surface area contributed by atoms with Crippen LogP contribution in [-0.4, -0.2) is 22.3 Å². The molecule has 140 valence electrons. The first-order valence-electron chi connectivity index (χ1n) is 9.29. The fraction of sp³-hybridized carbons (Fsp3) is 0.571. The minimum Gasteiger partial charge on any atom is -0.445 e. The molecule has 0 aromatic heterocycles. The summed E-state index contributed by atoms with van der Waals surface area (Å²) in [6.07, 6.45) is 6.31. The van der Waals surface area contributed by atoms with Crippen molar-refractivity contribution in [3.8, 4) is 0 Å². The van der Waals surface area contributed by atoms with Gasteiger partial charge in [0.15, 0.2) is 0 Å². The van der Waals surface area contributed by atoms with Gasteiger partial charge >= 0.3 is 6.09 Å². The van der Waals surface area contributed by atoms with E-state index in [0.29, 0.717) is 6.61 Å². The molecule has 0 atom stereocenters. The molecule has 0 saturated heterocycles. The smallest absolute Gasteiger partial charge is 0.407 e. The molecule has 0 radical (unpaired) electrons. The molecule has 0 heterocycles. The van der Waals surface area contributed by atoms with Crippen LogP contribution in [0.4, 0.5) is 4.79 Å². The Balaban J connectivity index is 0.000000567. The van der Waals surface area contributed by atoms with Crippen molar-refractivity contribution in [3.05, 3.63) is 48.6 Å². The van der Waals surface area contributed by atoms with Crippen molar-refractivity contribution in [1.29, 1.82) is 0 Å². The Hall–Kier alpha value is -1.81. The van der Waals surface area contributed by atoms with E-state index in [2.05, 4.69) is 11.9 Å². The van der Waals surface area contributed by atoms with Gasteiger partial charge in [0.2, 0.25) is 0 Å². The van der Waals surface area contributed by atoms with E-state index in [0.717, 1.165) is 44.1 Å². The summed E-state index contributed by atoms with van der Waals surface area (Å²) >= 11 is 0. The summed E-state index contributed by atoms with van der Waals surface area (Å²) in [5.41, 5.74) is 0.358. The Morgan fingerprint density at radius 3 is 2.12 bits per heavy atom. The Kier molecular flexibility index (Phi) is 8.70. The number of alkyl carbamates (subject to hydrolysis) is 1. The van der Waals surface area contributed by atoms with E-state index < -0.39 is 5.60 Å². The maximum absolute atomic E-state index is 11.9. The Labute approximate surface area is 152 Å². The molecule has 3 saturated carbocycles. The van der Waals surface area contributed by atoms with Gasteiger partial charge in [0, 0.05) is 5.54 Å². The number of nitrogens with one attached hydrogen (secondary N) is 1. The number of hydrogen-bond acceptors (Lipinski definition) is 3. The quantitative estimate of drug-likeness (QED) is 0.759. The van der Waals surface area contributed by atoms with Gasteiger partial charge in [-0.25, -0.2) is 4.79 Å². The summed E-state index contributed by atoms with van der Waals surface area (Å²) in [6.45, 7) is 9.55. The monoisotopic (exact) mass is 347 g/mol. The van der Waals surface area contributed by atoms with Crippen LogP contribution >= 0.6 is 0 Å². The van der Waals surface area contributed by atoms with E-state index >= 15 is 0 Å². The zero-order valence-electron chi connectivity index (χ0n) is 15.9. The summed E-state index contributed by atoms with van der Waals surface area (Å²) in [7, 11) is 0. The van der Waals surface area contributed by atoms with Crippen molar-refractivity contribution in [1.82, 2.24) is 5.32 Å². The lowest BCUT2D eigenvalue weighted by atomic mass is 9.63. The summed E-state index contributed by atoms with van der Waals surface area (Å²) < 4.78 is 5.29. The molecule has 2 bridgehead atoms. The number of aliphatic hydroxyl groups is 1. The highest BCUT2D eigenvalue weighted by atomic mass is 16.5. The summed E-state index contributed by atoms with van der Waals surface area (Å²) in [5, 5.41) is 13.2. The van der Waals surface area contributed by atoms with Crippen LogP contribution in [0.1, 0.15) is 64.9 Å². The van der Waals surface area contributed by atoms with E-state index in [1.165, 1.54) is 0 Å². The van der Waals surface area contributed by atoms with E-state index in [1.807, 2.05) is 51.1 Å².